The van der Waals surface area contributed by atoms with E-state index in [1.165, 1.54) is 24.3 Å². The lowest BCUT2D eigenvalue weighted by molar-refractivity contribution is 0.284. The minimum Gasteiger partial charge on any atom is -0.505 e. The molecule has 7 N–H and O–H groups in total. The van der Waals surface area contributed by atoms with Crippen LogP contribution in [0.4, 0.5) is 34.6 Å². The van der Waals surface area contributed by atoms with E-state index in [2.05, 4.69) is 40.0 Å². The maximum atomic E-state index is 12.7. The smallest absolute Gasteiger partial charge is 0.397 e. The molecule has 0 aliphatic heterocycles. The van der Waals surface area contributed by atoms with Crippen molar-refractivity contribution < 1.29 is 69.6 Å². The molecule has 0 fully saturated rings. The Morgan fingerprint density at radius 1 is 0.661 bits per heavy atom. The first kappa shape index (κ1) is 42.1. The summed E-state index contributed by atoms with van der Waals surface area (Å²) in [5.41, 5.74) is -1.98. The van der Waals surface area contributed by atoms with E-state index in [4.69, 9.17) is 16.2 Å². The molecule has 0 bridgehead atoms. The van der Waals surface area contributed by atoms with Gasteiger partial charge < -0.3 is 15.7 Å². The fourth-order valence-corrected chi connectivity index (χ4v) is 8.24. The van der Waals surface area contributed by atoms with Crippen LogP contribution in [0.15, 0.2) is 96.5 Å². The van der Waals surface area contributed by atoms with E-state index in [0.717, 1.165) is 30.3 Å². The zero-order chi connectivity index (χ0) is 41.4. The van der Waals surface area contributed by atoms with Crippen molar-refractivity contribution in [1.29, 1.82) is 0 Å². The minimum atomic E-state index is -5.33. The monoisotopic (exact) mass is 895 g/mol. The molecule has 0 saturated carbocycles. The van der Waals surface area contributed by atoms with E-state index >= 15 is 0 Å². The highest BCUT2D eigenvalue weighted by atomic mass is 35.5. The normalized spacial score (nSPS) is 12.9. The van der Waals surface area contributed by atoms with Gasteiger partial charge in [0, 0.05) is 5.39 Å². The number of rotatable bonds is 14. The van der Waals surface area contributed by atoms with Gasteiger partial charge in [-0.3, -0.25) is 18.2 Å². The number of anilines is 4. The molecule has 23 nitrogen and oxygen atoms in total. The van der Waals surface area contributed by atoms with Crippen LogP contribution >= 0.6 is 11.6 Å². The Hall–Kier alpha value is -5.01. The molecule has 56 heavy (non-hydrogen) atoms. The molecule has 0 aliphatic rings. The van der Waals surface area contributed by atoms with Crippen molar-refractivity contribution >= 4 is 108 Å². The number of aromatic hydroxyl groups is 1. The van der Waals surface area contributed by atoms with Crippen molar-refractivity contribution in [1.82, 2.24) is 15.0 Å². The van der Waals surface area contributed by atoms with Crippen molar-refractivity contribution in [2.75, 3.05) is 23.0 Å². The number of aromatic nitrogens is 3. The Bertz CT molecular complexity index is 3010. The Balaban J connectivity index is 1.63. The van der Waals surface area contributed by atoms with Gasteiger partial charge in [0.25, 0.3) is 30.4 Å². The molecule has 0 amide bonds. The van der Waals surface area contributed by atoms with Gasteiger partial charge in [-0.25, -0.2) is 12.6 Å². The molecule has 4 aromatic carbocycles. The molecule has 0 aliphatic carbocycles. The van der Waals surface area contributed by atoms with Gasteiger partial charge in [-0.15, -0.1) is 5.11 Å². The number of hydrogen-bond acceptors (Lipinski definition) is 19. The third-order valence-corrected chi connectivity index (χ3v) is 11.9. The first-order valence-corrected chi connectivity index (χ1v) is 22.2. The van der Waals surface area contributed by atoms with Crippen LogP contribution in [0.25, 0.3) is 10.8 Å². The number of phenolic OH excluding ortho intramolecular Hbond substituents is 1. The second-order valence-electron chi connectivity index (χ2n) is 10.8. The number of phenols is 1. The number of sulfone groups is 1. The fourth-order valence-electron chi connectivity index (χ4n) is 4.71. The molecule has 0 spiro atoms. The van der Waals surface area contributed by atoms with Crippen molar-refractivity contribution in [3.8, 4) is 5.75 Å². The Morgan fingerprint density at radius 2 is 1.29 bits per heavy atom. The summed E-state index contributed by atoms with van der Waals surface area (Å²) in [6.07, 6.45) is 0. The SMILES string of the molecule is O=S(=O)(O)OCCS(=O)(=O)c1cccc(N=Nc2c(S(=O)(=O)O)cc3cc(S(=O)(=O)O)cc(Nc4nc(Cl)nc(Nc5ccccc5S(=O)(=O)O)n4)c3c2O)c1. The summed E-state index contributed by atoms with van der Waals surface area (Å²) in [7, 11) is -24.4. The molecule has 1 heterocycles. The van der Waals surface area contributed by atoms with Crippen molar-refractivity contribution in [3.63, 3.8) is 0 Å². The average molecular weight is 896 g/mol. The molecule has 29 heteroatoms. The van der Waals surface area contributed by atoms with Gasteiger partial charge in [-0.05, 0) is 65.5 Å². The molecule has 0 atom stereocenters. The molecular formula is C27H22ClN7O16S5. The summed E-state index contributed by atoms with van der Waals surface area (Å²) >= 11 is 6.05. The highest BCUT2D eigenvalue weighted by Gasteiger charge is 2.26. The molecule has 5 aromatic rings. The van der Waals surface area contributed by atoms with Gasteiger partial charge in [-0.2, -0.15) is 53.7 Å². The van der Waals surface area contributed by atoms with Crippen LogP contribution < -0.4 is 10.6 Å². The van der Waals surface area contributed by atoms with Gasteiger partial charge >= 0.3 is 10.4 Å². The van der Waals surface area contributed by atoms with E-state index < -0.39 is 128 Å². The number of hydrogen-bond donors (Lipinski definition) is 7. The summed E-state index contributed by atoms with van der Waals surface area (Å²) in [4.78, 5) is 8.59. The summed E-state index contributed by atoms with van der Waals surface area (Å²) < 4.78 is 162. The van der Waals surface area contributed by atoms with Crippen molar-refractivity contribution in [3.05, 3.63) is 72.0 Å². The topological polar surface area (TPSA) is 369 Å². The van der Waals surface area contributed by atoms with Gasteiger partial charge in [0.2, 0.25) is 17.2 Å². The van der Waals surface area contributed by atoms with E-state index in [-0.39, 0.29) is 11.4 Å². The summed E-state index contributed by atoms with van der Waals surface area (Å²) in [6, 6.07) is 11.4. The first-order chi connectivity index (χ1) is 25.8. The average Bonchev–Trinajstić information content (AvgIpc) is 3.05. The molecule has 0 saturated heterocycles. The van der Waals surface area contributed by atoms with Gasteiger partial charge in [0.1, 0.15) is 15.5 Å². The van der Waals surface area contributed by atoms with Gasteiger partial charge in [0.05, 0.1) is 39.2 Å². The molecule has 1 aromatic heterocycles. The summed E-state index contributed by atoms with van der Waals surface area (Å²) in [5.74, 6) is -3.00. The number of fused-ring (bicyclic) bond motifs is 1. The second kappa shape index (κ2) is 15.5. The van der Waals surface area contributed by atoms with Crippen molar-refractivity contribution in [2.45, 2.75) is 19.6 Å². The summed E-state index contributed by atoms with van der Waals surface area (Å²) in [5, 5.41) is 22.5. The van der Waals surface area contributed by atoms with Crippen LogP contribution in [-0.2, 0) is 54.8 Å². The molecular weight excluding hydrogens is 874 g/mol. The maximum absolute atomic E-state index is 12.7. The van der Waals surface area contributed by atoms with Crippen LogP contribution in [-0.4, -0.2) is 92.7 Å². The maximum Gasteiger partial charge on any atom is 0.397 e. The first-order valence-electron chi connectivity index (χ1n) is 14.5. The van der Waals surface area contributed by atoms with Crippen LogP contribution in [0, 0.1) is 0 Å². The zero-order valence-electron chi connectivity index (χ0n) is 27.1. The van der Waals surface area contributed by atoms with Crippen LogP contribution in [0.1, 0.15) is 0 Å². The number of para-hydroxylation sites is 1. The standard InChI is InChI=1S/C27H22ClN7O16S5/c28-25-31-26(29-18-6-1-2-7-20(18)54(42,43)44)33-27(32-25)30-19-13-17(53(39,40)41)10-14-11-21(55(45,46)47)23(24(36)22(14)19)35-34-15-4-3-5-16(12-15)52(37,38)9-8-51-56(48,49)50/h1-7,10-13,36H,8-9H2,(H,39,40,41)(H,42,43,44)(H,45,46,47)(H,48,49,50)(H2,29,30,31,32,33). The van der Waals surface area contributed by atoms with E-state index in [1.54, 1.807) is 0 Å². The number of nitrogens with one attached hydrogen (secondary N) is 2. The number of nitrogens with zero attached hydrogens (tertiary/aromatic N) is 5. The lowest BCUT2D eigenvalue weighted by atomic mass is 10.1. The van der Waals surface area contributed by atoms with Crippen LogP contribution in [0.2, 0.25) is 5.28 Å². The van der Waals surface area contributed by atoms with E-state index in [0.29, 0.717) is 12.1 Å². The quantitative estimate of drug-likeness (QED) is 0.0618. The van der Waals surface area contributed by atoms with Gasteiger partial charge in [0.15, 0.2) is 15.6 Å². The van der Waals surface area contributed by atoms with Crippen LogP contribution in [0.5, 0.6) is 5.75 Å². The molecule has 0 radical (unpaired) electrons. The third kappa shape index (κ3) is 10.2. The fraction of sp³-hybridized carbons (Fsp3) is 0.0741. The summed E-state index contributed by atoms with van der Waals surface area (Å²) in [6.45, 7) is -0.957. The highest BCUT2D eigenvalue weighted by molar-refractivity contribution is 7.91. The van der Waals surface area contributed by atoms with Gasteiger partial charge in [-0.1, -0.05) is 18.2 Å². The Labute approximate surface area is 321 Å². The molecule has 0 unspecified atom stereocenters. The van der Waals surface area contributed by atoms with Crippen LogP contribution in [0.3, 0.4) is 0 Å². The molecule has 5 rings (SSSR count). The predicted octanol–water partition coefficient (Wildman–Crippen LogP) is 3.62. The third-order valence-electron chi connectivity index (χ3n) is 6.99. The predicted molar refractivity (Wildman–Crippen MR) is 193 cm³/mol. The van der Waals surface area contributed by atoms with Crippen molar-refractivity contribution in [2.24, 2.45) is 10.2 Å². The second-order valence-corrected chi connectivity index (χ2v) is 18.6. The highest BCUT2D eigenvalue weighted by Crippen LogP contribution is 2.45. The lowest BCUT2D eigenvalue weighted by Crippen LogP contribution is -2.15. The largest absolute Gasteiger partial charge is 0.505 e. The Morgan fingerprint density at radius 3 is 1.89 bits per heavy atom. The zero-order valence-corrected chi connectivity index (χ0v) is 32.0. The van der Waals surface area contributed by atoms with E-state index in [9.17, 15) is 60.9 Å². The number of halogens is 1. The lowest BCUT2D eigenvalue weighted by Gasteiger charge is -2.15. The minimum absolute atomic E-state index is 0.221. The van der Waals surface area contributed by atoms with E-state index in [1.807, 2.05) is 0 Å². The molecule has 298 valence electrons. The number of azo groups is 1. The Kier molecular flexibility index (Phi) is 11.7. The number of benzene rings is 4.